The van der Waals surface area contributed by atoms with Gasteiger partial charge in [0.25, 0.3) is 0 Å². The van der Waals surface area contributed by atoms with E-state index in [1.165, 1.54) is 0 Å². The van der Waals surface area contributed by atoms with Gasteiger partial charge in [-0.05, 0) is 48.2 Å². The molecule has 0 unspecified atom stereocenters. The maximum atomic E-state index is 6.43. The van der Waals surface area contributed by atoms with Gasteiger partial charge in [0.2, 0.25) is 0 Å². The summed E-state index contributed by atoms with van der Waals surface area (Å²) in [4.78, 5) is 0. The second-order valence-corrected chi connectivity index (χ2v) is 7.85. The topological polar surface area (TPSA) is 18.5 Å². The lowest BCUT2D eigenvalue weighted by molar-refractivity contribution is 0.317. The van der Waals surface area contributed by atoms with Crippen molar-refractivity contribution in [2.24, 2.45) is 0 Å². The van der Waals surface area contributed by atoms with Gasteiger partial charge in [-0.25, -0.2) is 0 Å². The van der Waals surface area contributed by atoms with Crippen LogP contribution < -0.4 is 9.47 Å². The van der Waals surface area contributed by atoms with E-state index in [0.717, 1.165) is 36.3 Å². The van der Waals surface area contributed by atoms with Crippen LogP contribution in [0.25, 0.3) is 0 Å². The molecule has 0 heterocycles. The number of hydrogen-bond acceptors (Lipinski definition) is 2. The fourth-order valence-electron chi connectivity index (χ4n) is 2.64. The van der Waals surface area contributed by atoms with Crippen molar-refractivity contribution < 1.29 is 9.47 Å². The molecule has 0 saturated heterocycles. The van der Waals surface area contributed by atoms with E-state index < -0.39 is 0 Å². The number of halogens is 3. The lowest BCUT2D eigenvalue weighted by Crippen LogP contribution is -2.19. The van der Waals surface area contributed by atoms with Crippen molar-refractivity contribution in [1.29, 1.82) is 0 Å². The predicted octanol–water partition coefficient (Wildman–Crippen LogP) is 7.12. The van der Waals surface area contributed by atoms with Crippen LogP contribution in [0.2, 0.25) is 10.0 Å². The van der Waals surface area contributed by atoms with Crippen LogP contribution >= 0.6 is 34.8 Å². The minimum absolute atomic E-state index is 0.259. The summed E-state index contributed by atoms with van der Waals surface area (Å²) in [5.74, 6) is 1.94. The Morgan fingerprint density at radius 3 is 2.04 bits per heavy atom. The lowest BCUT2D eigenvalue weighted by atomic mass is 9.78. The van der Waals surface area contributed by atoms with Crippen molar-refractivity contribution in [3.8, 4) is 11.5 Å². The first-order valence-electron chi connectivity index (χ1n) is 8.81. The van der Waals surface area contributed by atoms with E-state index in [0.29, 0.717) is 28.3 Å². The van der Waals surface area contributed by atoms with Gasteiger partial charge >= 0.3 is 0 Å². The first-order valence-corrected chi connectivity index (χ1v) is 10.1. The largest absolute Gasteiger partial charge is 0.494 e. The van der Waals surface area contributed by atoms with E-state index in [4.69, 9.17) is 44.3 Å². The lowest BCUT2D eigenvalue weighted by Gasteiger charge is -2.27. The number of hydrogen-bond donors (Lipinski definition) is 0. The summed E-state index contributed by atoms with van der Waals surface area (Å²) in [7, 11) is 0. The molecule has 0 aliphatic rings. The SMILES string of the molecule is CCCOc1ccc(C(C)(C)c2cc(Cl)c(OCCCCl)c(Cl)c2)cc1. The molecule has 0 fully saturated rings. The highest BCUT2D eigenvalue weighted by molar-refractivity contribution is 6.37. The van der Waals surface area contributed by atoms with E-state index in [-0.39, 0.29) is 5.41 Å². The minimum atomic E-state index is -0.259. The molecule has 2 aromatic carbocycles. The summed E-state index contributed by atoms with van der Waals surface area (Å²) >= 11 is 18.5. The van der Waals surface area contributed by atoms with Gasteiger partial charge < -0.3 is 9.47 Å². The Hall–Kier alpha value is -1.09. The molecule has 0 N–H and O–H groups in total. The van der Waals surface area contributed by atoms with Crippen molar-refractivity contribution in [2.45, 2.75) is 39.0 Å². The number of alkyl halides is 1. The summed E-state index contributed by atoms with van der Waals surface area (Å²) in [6, 6.07) is 12.0. The first kappa shape index (κ1) is 21.2. The molecule has 0 aromatic heterocycles. The fourth-order valence-corrected chi connectivity index (χ4v) is 3.35. The van der Waals surface area contributed by atoms with Crippen molar-refractivity contribution in [1.82, 2.24) is 0 Å². The molecule has 0 aliphatic heterocycles. The van der Waals surface area contributed by atoms with Crippen LogP contribution in [-0.2, 0) is 5.41 Å². The maximum absolute atomic E-state index is 6.43. The predicted molar refractivity (Wildman–Crippen MR) is 112 cm³/mol. The molecule has 2 rings (SSSR count). The molecular formula is C21H25Cl3O2. The molecule has 5 heteroatoms. The summed E-state index contributed by atoms with van der Waals surface area (Å²) in [5.41, 5.74) is 1.93. The van der Waals surface area contributed by atoms with Crippen LogP contribution in [0.5, 0.6) is 11.5 Å². The van der Waals surface area contributed by atoms with Crippen molar-refractivity contribution in [3.63, 3.8) is 0 Å². The smallest absolute Gasteiger partial charge is 0.156 e. The van der Waals surface area contributed by atoms with Crippen molar-refractivity contribution >= 4 is 34.8 Å². The third kappa shape index (κ3) is 5.22. The van der Waals surface area contributed by atoms with Gasteiger partial charge in [0, 0.05) is 11.3 Å². The highest BCUT2D eigenvalue weighted by Gasteiger charge is 2.25. The molecule has 0 spiro atoms. The summed E-state index contributed by atoms with van der Waals surface area (Å²) in [6.45, 7) is 7.59. The second kappa shape index (κ2) is 9.73. The Morgan fingerprint density at radius 1 is 0.885 bits per heavy atom. The van der Waals surface area contributed by atoms with Gasteiger partial charge in [0.1, 0.15) is 5.75 Å². The van der Waals surface area contributed by atoms with Crippen LogP contribution in [0.3, 0.4) is 0 Å². The Balaban J connectivity index is 2.25. The van der Waals surface area contributed by atoms with Crippen molar-refractivity contribution in [2.75, 3.05) is 19.1 Å². The van der Waals surface area contributed by atoms with Crippen LogP contribution in [0.4, 0.5) is 0 Å². The highest BCUT2D eigenvalue weighted by atomic mass is 35.5. The summed E-state index contributed by atoms with van der Waals surface area (Å²) in [5, 5.41) is 1.02. The Morgan fingerprint density at radius 2 is 1.50 bits per heavy atom. The molecule has 0 aliphatic carbocycles. The van der Waals surface area contributed by atoms with E-state index >= 15 is 0 Å². The number of rotatable bonds is 9. The monoisotopic (exact) mass is 414 g/mol. The zero-order valence-electron chi connectivity index (χ0n) is 15.5. The molecule has 0 atom stereocenters. The second-order valence-electron chi connectivity index (χ2n) is 6.66. The van der Waals surface area contributed by atoms with Crippen LogP contribution in [0.1, 0.15) is 44.7 Å². The van der Waals surface area contributed by atoms with Gasteiger partial charge in [0.05, 0.1) is 23.3 Å². The normalized spacial score (nSPS) is 11.5. The Bertz CT molecular complexity index is 689. The van der Waals surface area contributed by atoms with Gasteiger partial charge in [-0.15, -0.1) is 11.6 Å². The van der Waals surface area contributed by atoms with E-state index in [9.17, 15) is 0 Å². The van der Waals surface area contributed by atoms with Crippen molar-refractivity contribution in [3.05, 3.63) is 57.6 Å². The fraction of sp³-hybridized carbons (Fsp3) is 0.429. The van der Waals surface area contributed by atoms with Gasteiger partial charge in [-0.1, -0.05) is 56.1 Å². The number of benzene rings is 2. The zero-order valence-corrected chi connectivity index (χ0v) is 17.7. The molecule has 0 amide bonds. The van der Waals surface area contributed by atoms with E-state index in [1.807, 2.05) is 24.3 Å². The van der Waals surface area contributed by atoms with Crippen LogP contribution in [0, 0.1) is 0 Å². The average Bonchev–Trinajstić information content (AvgIpc) is 2.62. The van der Waals surface area contributed by atoms with Crippen LogP contribution in [0.15, 0.2) is 36.4 Å². The standard InChI is InChI=1S/C21H25Cl3O2/c1-4-11-25-17-8-6-15(7-9-17)21(2,3)16-13-18(23)20(19(24)14-16)26-12-5-10-22/h6-9,13-14H,4-5,10-12H2,1-3H3. The molecule has 0 bridgehead atoms. The third-order valence-corrected chi connectivity index (χ3v) is 5.12. The molecule has 0 saturated carbocycles. The number of ether oxygens (including phenoxy) is 2. The first-order chi connectivity index (χ1) is 12.4. The van der Waals surface area contributed by atoms with E-state index in [1.54, 1.807) is 0 Å². The summed E-state index contributed by atoms with van der Waals surface area (Å²) < 4.78 is 11.3. The third-order valence-electron chi connectivity index (χ3n) is 4.29. The molecule has 2 nitrogen and oxygen atoms in total. The van der Waals surface area contributed by atoms with E-state index in [2.05, 4.69) is 32.9 Å². The molecule has 2 aromatic rings. The van der Waals surface area contributed by atoms with Gasteiger partial charge in [-0.3, -0.25) is 0 Å². The minimum Gasteiger partial charge on any atom is -0.494 e. The van der Waals surface area contributed by atoms with Gasteiger partial charge in [-0.2, -0.15) is 0 Å². The Kier molecular flexibility index (Phi) is 7.94. The molecule has 26 heavy (non-hydrogen) atoms. The highest BCUT2D eigenvalue weighted by Crippen LogP contribution is 2.40. The Labute approximate surface area is 171 Å². The van der Waals surface area contributed by atoms with Crippen LogP contribution in [-0.4, -0.2) is 19.1 Å². The maximum Gasteiger partial charge on any atom is 0.156 e. The molecular weight excluding hydrogens is 391 g/mol. The molecule has 0 radical (unpaired) electrons. The zero-order chi connectivity index (χ0) is 19.2. The van der Waals surface area contributed by atoms with Gasteiger partial charge in [0.15, 0.2) is 5.75 Å². The quantitative estimate of drug-likeness (QED) is 0.321. The molecule has 142 valence electrons. The average molecular weight is 416 g/mol. The summed E-state index contributed by atoms with van der Waals surface area (Å²) in [6.07, 6.45) is 1.73.